The quantitative estimate of drug-likeness (QED) is 0.858. The third-order valence-electron chi connectivity index (χ3n) is 3.67. The average Bonchev–Trinajstić information content (AvgIpc) is 2.91. The zero-order valence-electron chi connectivity index (χ0n) is 14.3. The Morgan fingerprint density at radius 1 is 1.44 bits per heavy atom. The van der Waals surface area contributed by atoms with Crippen LogP contribution in [0.25, 0.3) is 0 Å². The van der Waals surface area contributed by atoms with E-state index in [0.717, 1.165) is 18.7 Å². The molecule has 1 amide bonds. The maximum Gasteiger partial charge on any atom is 0.417 e. The highest BCUT2D eigenvalue weighted by atomic mass is 35.5. The van der Waals surface area contributed by atoms with Gasteiger partial charge in [-0.25, -0.2) is 9.78 Å². The Morgan fingerprint density at radius 3 is 2.68 bits per heavy atom. The number of anilines is 1. The number of ether oxygens (including phenoxy) is 1. The number of amides is 1. The molecule has 1 aliphatic heterocycles. The molecule has 2 heterocycles. The van der Waals surface area contributed by atoms with Gasteiger partial charge in [-0.05, 0) is 39.2 Å². The summed E-state index contributed by atoms with van der Waals surface area (Å²) < 4.78 is 43.2. The molecule has 140 valence electrons. The molecule has 1 aromatic heterocycles. The largest absolute Gasteiger partial charge is 0.444 e. The lowest BCUT2D eigenvalue weighted by Crippen LogP contribution is -2.36. The lowest BCUT2D eigenvalue weighted by Gasteiger charge is -2.21. The predicted molar refractivity (Wildman–Crippen MR) is 88.8 cm³/mol. The minimum Gasteiger partial charge on any atom is -0.444 e. The third kappa shape index (κ3) is 5.66. The Hall–Kier alpha value is -1.70. The molecule has 9 heteroatoms. The summed E-state index contributed by atoms with van der Waals surface area (Å²) in [4.78, 5) is 17.4. The van der Waals surface area contributed by atoms with Crippen molar-refractivity contribution in [3.05, 3.63) is 22.8 Å². The number of nitrogens with zero attached hydrogens (tertiary/aromatic N) is 2. The molecule has 25 heavy (non-hydrogen) atoms. The van der Waals surface area contributed by atoms with Crippen LogP contribution in [0.15, 0.2) is 12.3 Å². The van der Waals surface area contributed by atoms with Crippen LogP contribution in [-0.2, 0) is 10.9 Å². The Balaban J connectivity index is 1.91. The monoisotopic (exact) mass is 379 g/mol. The lowest BCUT2D eigenvalue weighted by atomic mass is 10.1. The van der Waals surface area contributed by atoms with Gasteiger partial charge in [-0.15, -0.1) is 0 Å². The molecule has 0 bridgehead atoms. The molecule has 0 unspecified atom stereocenters. The molecule has 1 aliphatic rings. The van der Waals surface area contributed by atoms with Gasteiger partial charge in [0, 0.05) is 25.8 Å². The minimum atomic E-state index is -4.47. The van der Waals surface area contributed by atoms with Crippen LogP contribution in [0.3, 0.4) is 0 Å². The second-order valence-corrected chi connectivity index (χ2v) is 7.42. The predicted octanol–water partition coefficient (Wildman–Crippen LogP) is 4.10. The summed E-state index contributed by atoms with van der Waals surface area (Å²) in [6.45, 7) is 6.92. The van der Waals surface area contributed by atoms with E-state index in [1.807, 2.05) is 4.90 Å². The SMILES string of the molecule is CC(C)(C)OC(=O)NC[C@H]1CCN(c2ncc(C(F)(F)F)cc2Cl)C1. The number of carbonyl (C=O) groups is 1. The van der Waals surface area contributed by atoms with Crippen molar-refractivity contribution in [2.24, 2.45) is 5.92 Å². The summed E-state index contributed by atoms with van der Waals surface area (Å²) in [5.74, 6) is 0.474. The van der Waals surface area contributed by atoms with Crippen molar-refractivity contribution in [2.45, 2.75) is 39.0 Å². The minimum absolute atomic E-state index is 0.0319. The zero-order chi connectivity index (χ0) is 18.8. The van der Waals surface area contributed by atoms with E-state index in [0.29, 0.717) is 25.5 Å². The first-order valence-electron chi connectivity index (χ1n) is 7.90. The Morgan fingerprint density at radius 2 is 2.12 bits per heavy atom. The lowest BCUT2D eigenvalue weighted by molar-refractivity contribution is -0.137. The van der Waals surface area contributed by atoms with Crippen molar-refractivity contribution in [3.8, 4) is 0 Å². The number of carbonyl (C=O) groups excluding carboxylic acids is 1. The Bertz CT molecular complexity index is 632. The summed E-state index contributed by atoms with van der Waals surface area (Å²) in [6, 6.07) is 0.885. The van der Waals surface area contributed by atoms with Crippen LogP contribution < -0.4 is 10.2 Å². The number of pyridine rings is 1. The van der Waals surface area contributed by atoms with Gasteiger partial charge in [-0.2, -0.15) is 13.2 Å². The number of hydrogen-bond acceptors (Lipinski definition) is 4. The molecule has 0 spiro atoms. The van der Waals surface area contributed by atoms with Crippen LogP contribution in [0, 0.1) is 5.92 Å². The van der Waals surface area contributed by atoms with Gasteiger partial charge in [-0.1, -0.05) is 11.6 Å². The van der Waals surface area contributed by atoms with Gasteiger partial charge in [-0.3, -0.25) is 0 Å². The first-order valence-corrected chi connectivity index (χ1v) is 8.28. The smallest absolute Gasteiger partial charge is 0.417 e. The van der Waals surface area contributed by atoms with Crippen molar-refractivity contribution in [3.63, 3.8) is 0 Å². The van der Waals surface area contributed by atoms with Crippen molar-refractivity contribution in [1.82, 2.24) is 10.3 Å². The molecule has 1 fully saturated rings. The van der Waals surface area contributed by atoms with Crippen molar-refractivity contribution in [1.29, 1.82) is 0 Å². The molecule has 0 aliphatic carbocycles. The Labute approximate surface area is 149 Å². The third-order valence-corrected chi connectivity index (χ3v) is 3.95. The molecule has 2 rings (SSSR count). The summed E-state index contributed by atoms with van der Waals surface area (Å²) in [5.41, 5.74) is -1.44. The second kappa shape index (κ2) is 7.27. The van der Waals surface area contributed by atoms with Gasteiger partial charge >= 0.3 is 12.3 Å². The van der Waals surface area contributed by atoms with Gasteiger partial charge in [0.15, 0.2) is 0 Å². The van der Waals surface area contributed by atoms with Crippen LogP contribution in [0.4, 0.5) is 23.8 Å². The van der Waals surface area contributed by atoms with Crippen LogP contribution in [0.2, 0.25) is 5.02 Å². The van der Waals surface area contributed by atoms with E-state index in [-0.39, 0.29) is 10.9 Å². The molecular weight excluding hydrogens is 359 g/mol. The molecule has 0 saturated carbocycles. The number of alkyl halides is 3. The molecule has 1 saturated heterocycles. The number of halogens is 4. The van der Waals surface area contributed by atoms with E-state index in [1.165, 1.54) is 0 Å². The molecule has 5 nitrogen and oxygen atoms in total. The van der Waals surface area contributed by atoms with E-state index in [1.54, 1.807) is 20.8 Å². The van der Waals surface area contributed by atoms with Crippen LogP contribution in [0.5, 0.6) is 0 Å². The molecule has 0 aromatic carbocycles. The number of rotatable bonds is 3. The fraction of sp³-hybridized carbons (Fsp3) is 0.625. The second-order valence-electron chi connectivity index (χ2n) is 7.01. The van der Waals surface area contributed by atoms with Crippen molar-refractivity contribution < 1.29 is 22.7 Å². The highest BCUT2D eigenvalue weighted by Gasteiger charge is 2.33. The molecule has 1 aromatic rings. The molecule has 1 atom stereocenters. The number of alkyl carbamates (subject to hydrolysis) is 1. The van der Waals surface area contributed by atoms with E-state index in [4.69, 9.17) is 16.3 Å². The molecular formula is C16H21ClF3N3O2. The molecule has 1 N–H and O–H groups in total. The van der Waals surface area contributed by atoms with E-state index >= 15 is 0 Å². The summed E-state index contributed by atoms with van der Waals surface area (Å²) in [5, 5.41) is 2.67. The Kier molecular flexibility index (Phi) is 5.71. The van der Waals surface area contributed by atoms with Gasteiger partial charge in [0.2, 0.25) is 0 Å². The van der Waals surface area contributed by atoms with Gasteiger partial charge in [0.05, 0.1) is 10.6 Å². The highest BCUT2D eigenvalue weighted by Crippen LogP contribution is 2.34. The van der Waals surface area contributed by atoms with Crippen molar-refractivity contribution in [2.75, 3.05) is 24.5 Å². The number of hydrogen-bond donors (Lipinski definition) is 1. The van der Waals surface area contributed by atoms with Gasteiger partial charge < -0.3 is 15.0 Å². The number of nitrogens with one attached hydrogen (secondary N) is 1. The van der Waals surface area contributed by atoms with E-state index < -0.39 is 23.4 Å². The first-order chi connectivity index (χ1) is 11.5. The summed E-state index contributed by atoms with van der Waals surface area (Å²) in [6.07, 6.45) is -3.40. The summed E-state index contributed by atoms with van der Waals surface area (Å²) >= 11 is 5.97. The zero-order valence-corrected chi connectivity index (χ0v) is 15.0. The fourth-order valence-electron chi connectivity index (χ4n) is 2.55. The van der Waals surface area contributed by atoms with Gasteiger partial charge in [0.25, 0.3) is 0 Å². The first kappa shape index (κ1) is 19.6. The summed E-state index contributed by atoms with van der Waals surface area (Å²) in [7, 11) is 0. The van der Waals surface area contributed by atoms with Crippen molar-refractivity contribution >= 4 is 23.5 Å². The van der Waals surface area contributed by atoms with Crippen LogP contribution in [-0.4, -0.2) is 36.3 Å². The van der Waals surface area contributed by atoms with E-state index in [2.05, 4.69) is 10.3 Å². The highest BCUT2D eigenvalue weighted by molar-refractivity contribution is 6.33. The fourth-order valence-corrected chi connectivity index (χ4v) is 2.84. The maximum atomic E-state index is 12.7. The average molecular weight is 380 g/mol. The normalized spacial score (nSPS) is 18.4. The number of aromatic nitrogens is 1. The topological polar surface area (TPSA) is 54.5 Å². The maximum absolute atomic E-state index is 12.7. The standard InChI is InChI=1S/C16H21ClF3N3O2/c1-15(2,3)25-14(24)22-7-10-4-5-23(9-10)13-12(17)6-11(8-21-13)16(18,19)20/h6,8,10H,4-5,7,9H2,1-3H3,(H,22,24)/t10-/m1/s1. The van der Waals surface area contributed by atoms with Gasteiger partial charge in [0.1, 0.15) is 11.4 Å². The van der Waals surface area contributed by atoms with E-state index in [9.17, 15) is 18.0 Å². The van der Waals surface area contributed by atoms with Crippen LogP contribution >= 0.6 is 11.6 Å². The molecule has 0 radical (unpaired) electrons. The van der Waals surface area contributed by atoms with Crippen LogP contribution in [0.1, 0.15) is 32.8 Å².